The number of hydrogen-bond donors (Lipinski definition) is 5. The van der Waals surface area contributed by atoms with Crippen molar-refractivity contribution in [2.75, 3.05) is 6.54 Å². The van der Waals surface area contributed by atoms with Crippen LogP contribution in [-0.2, 0) is 16.0 Å². The number of β-amino-alcohol motifs (C(OH)–C–C–N with tert-alkyl or cyclic N) is 1. The highest BCUT2D eigenvalue weighted by atomic mass is 16.4. The summed E-state index contributed by atoms with van der Waals surface area (Å²) in [5.41, 5.74) is 6.30. The van der Waals surface area contributed by atoms with Crippen LogP contribution in [0.3, 0.4) is 0 Å². The minimum absolute atomic E-state index is 0.329. The monoisotopic (exact) mass is 296 g/mol. The summed E-state index contributed by atoms with van der Waals surface area (Å²) < 4.78 is 0. The topological polar surface area (TPSA) is 133 Å². The van der Waals surface area contributed by atoms with Gasteiger partial charge >= 0.3 is 11.9 Å². The summed E-state index contributed by atoms with van der Waals surface area (Å²) in [5, 5.41) is 28.4. The standard InChI is InChI=1S/C9H11NO2.C5H9NO3/c10-8(9(11)12)6-7-4-2-1-3-5-7;7-3-1-4(5(8)9)6-2-3/h1-5,8H,6,10H2,(H,11,12);3-4,6-7H,1-2H2,(H,8,9)/t8-;3?,4-/m00/s1. The summed E-state index contributed by atoms with van der Waals surface area (Å²) in [6, 6.07) is 8.00. The van der Waals surface area contributed by atoms with E-state index in [1.807, 2.05) is 30.3 Å². The fourth-order valence-electron chi connectivity index (χ4n) is 1.86. The average molecular weight is 296 g/mol. The van der Waals surface area contributed by atoms with Gasteiger partial charge in [-0.15, -0.1) is 0 Å². The van der Waals surface area contributed by atoms with Gasteiger partial charge in [0.15, 0.2) is 0 Å². The Balaban J connectivity index is 0.000000219. The van der Waals surface area contributed by atoms with E-state index in [0.717, 1.165) is 5.56 Å². The molecule has 116 valence electrons. The maximum Gasteiger partial charge on any atom is 0.320 e. The number of rotatable bonds is 4. The Morgan fingerprint density at radius 2 is 1.90 bits per heavy atom. The molecular weight excluding hydrogens is 276 g/mol. The maximum absolute atomic E-state index is 10.4. The van der Waals surface area contributed by atoms with Gasteiger partial charge < -0.3 is 26.4 Å². The fraction of sp³-hybridized carbons (Fsp3) is 0.429. The number of nitrogens with one attached hydrogen (secondary N) is 1. The number of nitrogens with two attached hydrogens (primary N) is 1. The number of aliphatic hydroxyl groups is 1. The Labute approximate surface area is 122 Å². The Hall–Kier alpha value is -1.96. The number of aliphatic hydroxyl groups excluding tert-OH is 1. The van der Waals surface area contributed by atoms with Crippen LogP contribution < -0.4 is 11.1 Å². The zero-order valence-corrected chi connectivity index (χ0v) is 11.5. The van der Waals surface area contributed by atoms with E-state index in [-0.39, 0.29) is 0 Å². The number of carboxylic acids is 2. The van der Waals surface area contributed by atoms with Crippen molar-refractivity contribution in [2.24, 2.45) is 5.73 Å². The zero-order chi connectivity index (χ0) is 15.8. The first-order chi connectivity index (χ1) is 9.90. The smallest absolute Gasteiger partial charge is 0.320 e. The van der Waals surface area contributed by atoms with Crippen LogP contribution in [0.15, 0.2) is 30.3 Å². The molecule has 0 amide bonds. The van der Waals surface area contributed by atoms with Crippen molar-refractivity contribution in [1.82, 2.24) is 5.32 Å². The predicted octanol–water partition coefficient (Wildman–Crippen LogP) is -0.565. The van der Waals surface area contributed by atoms with Gasteiger partial charge in [-0.1, -0.05) is 30.3 Å². The normalized spacial score (nSPS) is 22.0. The van der Waals surface area contributed by atoms with Gasteiger partial charge in [0.1, 0.15) is 12.1 Å². The fourth-order valence-corrected chi connectivity index (χ4v) is 1.86. The molecule has 1 fully saturated rings. The molecule has 0 radical (unpaired) electrons. The van der Waals surface area contributed by atoms with Crippen LogP contribution in [0.4, 0.5) is 0 Å². The van der Waals surface area contributed by atoms with Gasteiger partial charge in [-0.2, -0.15) is 0 Å². The van der Waals surface area contributed by atoms with Gasteiger partial charge in [0.2, 0.25) is 0 Å². The molecule has 1 saturated heterocycles. The second-order valence-corrected chi connectivity index (χ2v) is 4.82. The van der Waals surface area contributed by atoms with E-state index in [4.69, 9.17) is 21.1 Å². The third-order valence-electron chi connectivity index (χ3n) is 3.02. The second kappa shape index (κ2) is 8.35. The molecule has 0 bridgehead atoms. The van der Waals surface area contributed by atoms with E-state index in [0.29, 0.717) is 19.4 Å². The largest absolute Gasteiger partial charge is 0.480 e. The second-order valence-electron chi connectivity index (χ2n) is 4.82. The van der Waals surface area contributed by atoms with Crippen LogP contribution in [0.1, 0.15) is 12.0 Å². The molecule has 21 heavy (non-hydrogen) atoms. The molecule has 6 N–H and O–H groups in total. The molecule has 0 spiro atoms. The highest BCUT2D eigenvalue weighted by Gasteiger charge is 2.27. The molecular formula is C14H20N2O5. The quantitative estimate of drug-likeness (QED) is 0.502. The Morgan fingerprint density at radius 1 is 1.29 bits per heavy atom. The summed E-state index contributed by atoms with van der Waals surface area (Å²) in [4.78, 5) is 20.6. The molecule has 1 aliphatic rings. The first-order valence-corrected chi connectivity index (χ1v) is 6.56. The lowest BCUT2D eigenvalue weighted by molar-refractivity contribution is -0.139. The molecule has 2 rings (SSSR count). The summed E-state index contributed by atoms with van der Waals surface area (Å²) in [6.45, 7) is 0.400. The molecule has 1 aromatic rings. The van der Waals surface area contributed by atoms with Gasteiger partial charge in [0, 0.05) is 13.0 Å². The third-order valence-corrected chi connectivity index (χ3v) is 3.02. The van der Waals surface area contributed by atoms with Crippen molar-refractivity contribution in [3.05, 3.63) is 35.9 Å². The van der Waals surface area contributed by atoms with Crippen molar-refractivity contribution in [1.29, 1.82) is 0 Å². The third kappa shape index (κ3) is 6.35. The Kier molecular flexibility index (Phi) is 6.80. The van der Waals surface area contributed by atoms with Crippen LogP contribution in [0.25, 0.3) is 0 Å². The Morgan fingerprint density at radius 3 is 2.29 bits per heavy atom. The predicted molar refractivity (Wildman–Crippen MR) is 75.8 cm³/mol. The number of benzene rings is 1. The minimum atomic E-state index is -0.959. The SMILES string of the molecule is N[C@@H](Cc1ccccc1)C(=O)O.O=C(O)[C@@H]1CC(O)CN1. The van der Waals surface area contributed by atoms with Crippen molar-refractivity contribution in [2.45, 2.75) is 31.0 Å². The lowest BCUT2D eigenvalue weighted by Gasteiger charge is -2.04. The minimum Gasteiger partial charge on any atom is -0.480 e. The van der Waals surface area contributed by atoms with Crippen LogP contribution in [0.2, 0.25) is 0 Å². The summed E-state index contributed by atoms with van der Waals surface area (Å²) in [5.74, 6) is -1.84. The van der Waals surface area contributed by atoms with E-state index in [1.165, 1.54) is 0 Å². The molecule has 1 aromatic carbocycles. The number of carboxylic acid groups (broad SMARTS) is 2. The van der Waals surface area contributed by atoms with Gasteiger partial charge in [0.05, 0.1) is 6.10 Å². The van der Waals surface area contributed by atoms with E-state index in [1.54, 1.807) is 0 Å². The van der Waals surface area contributed by atoms with Gasteiger partial charge in [-0.25, -0.2) is 0 Å². The van der Waals surface area contributed by atoms with Crippen LogP contribution in [0.5, 0.6) is 0 Å². The molecule has 1 aliphatic heterocycles. The lowest BCUT2D eigenvalue weighted by atomic mass is 10.1. The zero-order valence-electron chi connectivity index (χ0n) is 11.5. The van der Waals surface area contributed by atoms with E-state index >= 15 is 0 Å². The van der Waals surface area contributed by atoms with E-state index in [9.17, 15) is 9.59 Å². The summed E-state index contributed by atoms with van der Waals surface area (Å²) in [6.07, 6.45) is 0.233. The van der Waals surface area contributed by atoms with Gasteiger partial charge in [-0.05, 0) is 12.0 Å². The van der Waals surface area contributed by atoms with Crippen LogP contribution in [-0.4, -0.2) is 52.0 Å². The van der Waals surface area contributed by atoms with E-state index < -0.39 is 30.1 Å². The van der Waals surface area contributed by atoms with Crippen LogP contribution in [0, 0.1) is 0 Å². The summed E-state index contributed by atoms with van der Waals surface area (Å²) in [7, 11) is 0. The van der Waals surface area contributed by atoms with Gasteiger partial charge in [-0.3, -0.25) is 9.59 Å². The average Bonchev–Trinajstić information content (AvgIpc) is 2.87. The molecule has 0 aromatic heterocycles. The highest BCUT2D eigenvalue weighted by molar-refractivity contribution is 5.74. The Bertz CT molecular complexity index is 466. The van der Waals surface area contributed by atoms with Crippen molar-refractivity contribution < 1.29 is 24.9 Å². The summed E-state index contributed by atoms with van der Waals surface area (Å²) >= 11 is 0. The molecule has 0 saturated carbocycles. The molecule has 7 heteroatoms. The molecule has 7 nitrogen and oxygen atoms in total. The van der Waals surface area contributed by atoms with Gasteiger partial charge in [0.25, 0.3) is 0 Å². The highest BCUT2D eigenvalue weighted by Crippen LogP contribution is 2.05. The molecule has 1 heterocycles. The number of carbonyl (C=O) groups is 2. The maximum atomic E-state index is 10.4. The first kappa shape index (κ1) is 17.1. The lowest BCUT2D eigenvalue weighted by Crippen LogP contribution is -2.32. The number of aliphatic carboxylic acids is 2. The van der Waals surface area contributed by atoms with E-state index in [2.05, 4.69) is 5.32 Å². The number of hydrogen-bond acceptors (Lipinski definition) is 5. The van der Waals surface area contributed by atoms with Crippen molar-refractivity contribution in [3.63, 3.8) is 0 Å². The van der Waals surface area contributed by atoms with Crippen molar-refractivity contribution >= 4 is 11.9 Å². The first-order valence-electron chi connectivity index (χ1n) is 6.56. The van der Waals surface area contributed by atoms with Crippen LogP contribution >= 0.6 is 0 Å². The van der Waals surface area contributed by atoms with Crippen molar-refractivity contribution in [3.8, 4) is 0 Å². The molecule has 0 aliphatic carbocycles. The molecule has 3 atom stereocenters. The molecule has 1 unspecified atom stereocenters.